The minimum Gasteiger partial charge on any atom is -0.459 e. The zero-order valence-electron chi connectivity index (χ0n) is 16.3. The number of aliphatic imine (C=N–C) groups is 1. The molecule has 26 heavy (non-hydrogen) atoms. The Morgan fingerprint density at radius 3 is 2.58 bits per heavy atom. The van der Waals surface area contributed by atoms with E-state index in [-0.39, 0.29) is 5.54 Å². The average molecular weight is 358 g/mol. The van der Waals surface area contributed by atoms with Gasteiger partial charge in [0.05, 0.1) is 6.54 Å². The van der Waals surface area contributed by atoms with Crippen LogP contribution in [0.3, 0.4) is 0 Å². The van der Waals surface area contributed by atoms with Crippen LogP contribution in [0.4, 0.5) is 0 Å². The van der Waals surface area contributed by atoms with Crippen molar-refractivity contribution < 1.29 is 9.15 Å². The lowest BCUT2D eigenvalue weighted by Crippen LogP contribution is -2.57. The number of hydrogen-bond acceptors (Lipinski definition) is 4. The SMILES string of the molecule is CN=C(NCc1oc2ccccc2c1C)NCC1(N(C)C)CCOCC1. The van der Waals surface area contributed by atoms with Crippen molar-refractivity contribution in [2.24, 2.45) is 4.99 Å². The summed E-state index contributed by atoms with van der Waals surface area (Å²) in [7, 11) is 6.08. The highest BCUT2D eigenvalue weighted by Crippen LogP contribution is 2.26. The number of nitrogens with zero attached hydrogens (tertiary/aromatic N) is 2. The number of fused-ring (bicyclic) bond motifs is 1. The van der Waals surface area contributed by atoms with Gasteiger partial charge >= 0.3 is 0 Å². The van der Waals surface area contributed by atoms with Crippen LogP contribution in [0.5, 0.6) is 0 Å². The number of nitrogens with one attached hydrogen (secondary N) is 2. The molecule has 1 aromatic heterocycles. The molecule has 1 saturated heterocycles. The van der Waals surface area contributed by atoms with E-state index in [1.54, 1.807) is 7.05 Å². The predicted octanol–water partition coefficient (Wildman–Crippen LogP) is 2.52. The van der Waals surface area contributed by atoms with Gasteiger partial charge in [-0.1, -0.05) is 18.2 Å². The van der Waals surface area contributed by atoms with Crippen molar-refractivity contribution >= 4 is 16.9 Å². The van der Waals surface area contributed by atoms with E-state index in [2.05, 4.69) is 47.6 Å². The highest BCUT2D eigenvalue weighted by Gasteiger charge is 2.34. The standard InChI is InChI=1S/C20H30N4O2/c1-15-16-7-5-6-8-17(16)26-18(15)13-22-19(21-2)23-14-20(24(3)4)9-11-25-12-10-20/h5-8H,9-14H2,1-4H3,(H2,21,22,23). The molecule has 2 aromatic rings. The Morgan fingerprint density at radius 1 is 1.19 bits per heavy atom. The molecule has 6 nitrogen and oxygen atoms in total. The summed E-state index contributed by atoms with van der Waals surface area (Å²) >= 11 is 0. The number of furan rings is 1. The van der Waals surface area contributed by atoms with Crippen LogP contribution >= 0.6 is 0 Å². The second-order valence-electron chi connectivity index (χ2n) is 7.16. The Balaban J connectivity index is 1.61. The van der Waals surface area contributed by atoms with E-state index in [1.165, 1.54) is 10.9 Å². The maximum absolute atomic E-state index is 5.98. The van der Waals surface area contributed by atoms with Gasteiger partial charge in [0, 0.05) is 43.3 Å². The van der Waals surface area contributed by atoms with Crippen LogP contribution in [0.15, 0.2) is 33.7 Å². The molecule has 1 fully saturated rings. The van der Waals surface area contributed by atoms with Gasteiger partial charge in [-0.15, -0.1) is 0 Å². The number of rotatable bonds is 5. The fourth-order valence-electron chi connectivity index (χ4n) is 3.56. The normalized spacial score (nSPS) is 17.7. The minimum atomic E-state index is 0.102. The van der Waals surface area contributed by atoms with E-state index < -0.39 is 0 Å². The van der Waals surface area contributed by atoms with Crippen molar-refractivity contribution in [3.05, 3.63) is 35.6 Å². The van der Waals surface area contributed by atoms with Gasteiger partial charge in [0.15, 0.2) is 5.96 Å². The Labute approximate surface area is 155 Å². The number of para-hydroxylation sites is 1. The smallest absolute Gasteiger partial charge is 0.191 e. The maximum Gasteiger partial charge on any atom is 0.191 e. The molecule has 0 aliphatic carbocycles. The number of likely N-dealkylation sites (N-methyl/N-ethyl adjacent to an activating group) is 1. The van der Waals surface area contributed by atoms with Gasteiger partial charge in [0.1, 0.15) is 11.3 Å². The van der Waals surface area contributed by atoms with E-state index in [0.717, 1.165) is 49.9 Å². The molecule has 0 unspecified atom stereocenters. The predicted molar refractivity (Wildman–Crippen MR) is 106 cm³/mol. The zero-order valence-corrected chi connectivity index (χ0v) is 16.3. The van der Waals surface area contributed by atoms with Gasteiger partial charge in [0.25, 0.3) is 0 Å². The Kier molecular flexibility index (Phi) is 5.84. The first-order chi connectivity index (χ1) is 12.6. The molecule has 1 aliphatic heterocycles. The summed E-state index contributed by atoms with van der Waals surface area (Å²) in [5.41, 5.74) is 2.21. The lowest BCUT2D eigenvalue weighted by atomic mass is 9.88. The lowest BCUT2D eigenvalue weighted by Gasteiger charge is -2.43. The molecule has 0 atom stereocenters. The first-order valence-corrected chi connectivity index (χ1v) is 9.22. The average Bonchev–Trinajstić information content (AvgIpc) is 2.99. The van der Waals surface area contributed by atoms with Crippen LogP contribution in [0.2, 0.25) is 0 Å². The van der Waals surface area contributed by atoms with Crippen molar-refractivity contribution in [2.75, 3.05) is 40.9 Å². The Bertz CT molecular complexity index is 760. The van der Waals surface area contributed by atoms with Crippen LogP contribution in [-0.2, 0) is 11.3 Å². The van der Waals surface area contributed by atoms with Gasteiger partial charge in [-0.3, -0.25) is 4.99 Å². The number of ether oxygens (including phenoxy) is 1. The van der Waals surface area contributed by atoms with Crippen molar-refractivity contribution in [2.45, 2.75) is 31.8 Å². The van der Waals surface area contributed by atoms with Crippen molar-refractivity contribution in [3.8, 4) is 0 Å². The maximum atomic E-state index is 5.98. The topological polar surface area (TPSA) is 62.0 Å². The highest BCUT2D eigenvalue weighted by molar-refractivity contribution is 5.83. The molecule has 0 amide bonds. The van der Waals surface area contributed by atoms with Crippen molar-refractivity contribution in [1.82, 2.24) is 15.5 Å². The summed E-state index contributed by atoms with van der Waals surface area (Å²) in [6.07, 6.45) is 2.04. The first kappa shape index (κ1) is 18.7. The van der Waals surface area contributed by atoms with E-state index in [9.17, 15) is 0 Å². The molecule has 2 heterocycles. The van der Waals surface area contributed by atoms with Crippen LogP contribution in [0, 0.1) is 6.92 Å². The summed E-state index contributed by atoms with van der Waals surface area (Å²) in [6.45, 7) is 5.16. The largest absolute Gasteiger partial charge is 0.459 e. The second-order valence-corrected chi connectivity index (χ2v) is 7.16. The number of aryl methyl sites for hydroxylation is 1. The molecular formula is C20H30N4O2. The van der Waals surface area contributed by atoms with Gasteiger partial charge in [-0.05, 0) is 39.9 Å². The molecule has 142 valence electrons. The van der Waals surface area contributed by atoms with Crippen molar-refractivity contribution in [1.29, 1.82) is 0 Å². The lowest BCUT2D eigenvalue weighted by molar-refractivity contribution is -0.00501. The molecule has 1 aliphatic rings. The van der Waals surface area contributed by atoms with E-state index in [4.69, 9.17) is 9.15 Å². The summed E-state index contributed by atoms with van der Waals surface area (Å²) in [6, 6.07) is 8.14. The van der Waals surface area contributed by atoms with Gasteiger partial charge in [-0.2, -0.15) is 0 Å². The molecule has 6 heteroatoms. The van der Waals surface area contributed by atoms with Gasteiger partial charge in [-0.25, -0.2) is 0 Å². The summed E-state index contributed by atoms with van der Waals surface area (Å²) in [5.74, 6) is 1.74. The minimum absolute atomic E-state index is 0.102. The fraction of sp³-hybridized carbons (Fsp3) is 0.550. The third kappa shape index (κ3) is 3.86. The molecule has 1 aromatic carbocycles. The molecule has 0 saturated carbocycles. The van der Waals surface area contributed by atoms with Crippen molar-refractivity contribution in [3.63, 3.8) is 0 Å². The monoisotopic (exact) mass is 358 g/mol. The third-order valence-electron chi connectivity index (χ3n) is 5.54. The van der Waals surface area contributed by atoms with E-state index in [1.807, 2.05) is 18.2 Å². The molecular weight excluding hydrogens is 328 g/mol. The Hall–Kier alpha value is -2.05. The summed E-state index contributed by atoms with van der Waals surface area (Å²) in [4.78, 5) is 6.67. The van der Waals surface area contributed by atoms with E-state index >= 15 is 0 Å². The van der Waals surface area contributed by atoms with Crippen LogP contribution in [-0.4, -0.2) is 57.3 Å². The van der Waals surface area contributed by atoms with Crippen LogP contribution < -0.4 is 10.6 Å². The number of guanidine groups is 1. The molecule has 0 spiro atoms. The number of hydrogen-bond donors (Lipinski definition) is 2. The van der Waals surface area contributed by atoms with Crippen LogP contribution in [0.1, 0.15) is 24.2 Å². The molecule has 0 bridgehead atoms. The van der Waals surface area contributed by atoms with Gasteiger partial charge in [0.2, 0.25) is 0 Å². The second kappa shape index (κ2) is 8.10. The highest BCUT2D eigenvalue weighted by atomic mass is 16.5. The first-order valence-electron chi connectivity index (χ1n) is 9.22. The van der Waals surface area contributed by atoms with E-state index in [0.29, 0.717) is 6.54 Å². The molecule has 3 rings (SSSR count). The number of benzene rings is 1. The molecule has 2 N–H and O–H groups in total. The van der Waals surface area contributed by atoms with Gasteiger partial charge < -0.3 is 24.7 Å². The third-order valence-corrected chi connectivity index (χ3v) is 5.54. The summed E-state index contributed by atoms with van der Waals surface area (Å²) < 4.78 is 11.5. The summed E-state index contributed by atoms with van der Waals surface area (Å²) in [5, 5.41) is 8.03. The Morgan fingerprint density at radius 2 is 1.92 bits per heavy atom. The van der Waals surface area contributed by atoms with Crippen LogP contribution in [0.25, 0.3) is 11.0 Å². The molecule has 0 radical (unpaired) electrons. The fourth-order valence-corrected chi connectivity index (χ4v) is 3.56. The zero-order chi connectivity index (χ0) is 18.6. The quantitative estimate of drug-likeness (QED) is 0.635.